The fourth-order valence-corrected chi connectivity index (χ4v) is 3.06. The molecule has 1 aliphatic rings. The summed E-state index contributed by atoms with van der Waals surface area (Å²) in [5, 5.41) is 15.5. The summed E-state index contributed by atoms with van der Waals surface area (Å²) in [4.78, 5) is 10.5. The van der Waals surface area contributed by atoms with Crippen molar-refractivity contribution < 1.29 is 36.2 Å². The maximum atomic E-state index is 13.1. The summed E-state index contributed by atoms with van der Waals surface area (Å²) in [6, 6.07) is 7.30. The lowest BCUT2D eigenvalue weighted by atomic mass is 9.94. The normalized spacial score (nSPS) is 16.4. The van der Waals surface area contributed by atoms with Crippen LogP contribution in [0.15, 0.2) is 30.3 Å². The van der Waals surface area contributed by atoms with Gasteiger partial charge >= 0.3 is 18.3 Å². The lowest BCUT2D eigenvalue weighted by Crippen LogP contribution is -2.35. The van der Waals surface area contributed by atoms with Crippen LogP contribution in [0.2, 0.25) is 0 Å². The molecule has 0 radical (unpaired) electrons. The van der Waals surface area contributed by atoms with Gasteiger partial charge in [-0.05, 0) is 28.5 Å². The fraction of sp³-hybridized carbons (Fsp3) is 0.294. The maximum absolute atomic E-state index is 13.1. The van der Waals surface area contributed by atoms with Gasteiger partial charge in [0.1, 0.15) is 0 Å². The van der Waals surface area contributed by atoms with Crippen molar-refractivity contribution in [2.45, 2.75) is 25.2 Å². The van der Waals surface area contributed by atoms with Crippen molar-refractivity contribution in [1.82, 2.24) is 0 Å². The van der Waals surface area contributed by atoms with Crippen molar-refractivity contribution >= 4 is 28.4 Å². The Balaban J connectivity index is 0.000000345. The second-order valence-corrected chi connectivity index (χ2v) is 6.10. The number of nitrogens with one attached hydrogen (secondary N) is 1. The first-order valence-electron chi connectivity index (χ1n) is 7.79. The third-order valence-corrected chi connectivity index (χ3v) is 4.16. The number of carboxylic acids is 1. The maximum Gasteiger partial charge on any atom is 0.490 e. The average molecular weight is 407 g/mol. The standard InChI is InChI=1S/C15H14F3N3.C2HF3O2/c1-8-7-21(14(19)20)12-6-5-9-10(13(8)12)3-2-4-11(9)15(16,17)18;3-2(4,5)1(6)7/h2-6,8H,7H2,1H3,(H3,19,20);(H,6,7). The Bertz CT molecular complexity index is 923. The highest BCUT2D eigenvalue weighted by Crippen LogP contribution is 2.43. The lowest BCUT2D eigenvalue weighted by molar-refractivity contribution is -0.192. The molecule has 0 saturated heterocycles. The summed E-state index contributed by atoms with van der Waals surface area (Å²) in [7, 11) is 0. The van der Waals surface area contributed by atoms with Crippen LogP contribution < -0.4 is 10.6 Å². The molecule has 4 N–H and O–H groups in total. The van der Waals surface area contributed by atoms with Gasteiger partial charge in [-0.25, -0.2) is 4.79 Å². The van der Waals surface area contributed by atoms with Crippen LogP contribution in [0.1, 0.15) is 24.0 Å². The molecule has 0 bridgehead atoms. The fourth-order valence-electron chi connectivity index (χ4n) is 3.06. The summed E-state index contributed by atoms with van der Waals surface area (Å²) >= 11 is 0. The summed E-state index contributed by atoms with van der Waals surface area (Å²) in [6.45, 7) is 2.45. The molecule has 28 heavy (non-hydrogen) atoms. The Labute approximate surface area is 154 Å². The zero-order valence-corrected chi connectivity index (χ0v) is 14.3. The number of fused-ring (bicyclic) bond motifs is 3. The molecule has 1 aliphatic heterocycles. The Morgan fingerprint density at radius 1 is 1.14 bits per heavy atom. The highest BCUT2D eigenvalue weighted by atomic mass is 19.4. The minimum Gasteiger partial charge on any atom is -0.475 e. The number of nitrogens with two attached hydrogens (primary N) is 1. The van der Waals surface area contributed by atoms with Crippen molar-refractivity contribution in [2.24, 2.45) is 5.73 Å². The number of benzene rings is 2. The molecular formula is C17H15F6N3O2. The number of guanidine groups is 1. The van der Waals surface area contributed by atoms with Crippen molar-refractivity contribution in [1.29, 1.82) is 5.41 Å². The quantitative estimate of drug-likeness (QED) is 0.345. The van der Waals surface area contributed by atoms with Crippen LogP contribution in [0, 0.1) is 5.41 Å². The van der Waals surface area contributed by atoms with Crippen molar-refractivity contribution in [3.63, 3.8) is 0 Å². The zero-order valence-electron chi connectivity index (χ0n) is 14.3. The lowest BCUT2D eigenvalue weighted by Gasteiger charge is -2.17. The molecular weight excluding hydrogens is 392 g/mol. The Hall–Kier alpha value is -2.98. The summed E-state index contributed by atoms with van der Waals surface area (Å²) in [5.41, 5.74) is 6.47. The third-order valence-electron chi connectivity index (χ3n) is 4.16. The van der Waals surface area contributed by atoms with E-state index in [1.807, 2.05) is 6.92 Å². The monoisotopic (exact) mass is 407 g/mol. The smallest absolute Gasteiger partial charge is 0.475 e. The van der Waals surface area contributed by atoms with Gasteiger partial charge < -0.3 is 15.7 Å². The van der Waals surface area contributed by atoms with Gasteiger partial charge in [-0.15, -0.1) is 0 Å². The van der Waals surface area contributed by atoms with Crippen LogP contribution >= 0.6 is 0 Å². The van der Waals surface area contributed by atoms with Gasteiger partial charge in [0, 0.05) is 18.2 Å². The molecule has 0 fully saturated rings. The van der Waals surface area contributed by atoms with Gasteiger partial charge in [-0.1, -0.05) is 25.1 Å². The van der Waals surface area contributed by atoms with Gasteiger partial charge in [0.05, 0.1) is 5.56 Å². The van der Waals surface area contributed by atoms with Crippen molar-refractivity contribution in [2.75, 3.05) is 11.4 Å². The molecule has 1 heterocycles. The number of carboxylic acid groups (broad SMARTS) is 1. The molecule has 0 aromatic heterocycles. The van der Waals surface area contributed by atoms with Gasteiger partial charge in [0.25, 0.3) is 0 Å². The number of alkyl halides is 6. The van der Waals surface area contributed by atoms with Crippen LogP contribution in [0.25, 0.3) is 10.8 Å². The zero-order chi connectivity index (χ0) is 21.4. The van der Waals surface area contributed by atoms with Crippen molar-refractivity contribution in [3.8, 4) is 0 Å². The second-order valence-electron chi connectivity index (χ2n) is 6.10. The van der Waals surface area contributed by atoms with E-state index in [-0.39, 0.29) is 17.3 Å². The van der Waals surface area contributed by atoms with E-state index in [1.165, 1.54) is 12.1 Å². The van der Waals surface area contributed by atoms with Gasteiger partial charge in [-0.3, -0.25) is 5.41 Å². The third kappa shape index (κ3) is 4.12. The number of halogens is 6. The second kappa shape index (κ2) is 7.21. The topological polar surface area (TPSA) is 90.4 Å². The number of carbonyl (C=O) groups is 1. The number of hydrogen-bond acceptors (Lipinski definition) is 2. The Morgan fingerprint density at radius 2 is 1.71 bits per heavy atom. The van der Waals surface area contributed by atoms with E-state index in [1.54, 1.807) is 17.0 Å². The molecule has 2 aromatic rings. The molecule has 2 aromatic carbocycles. The first-order chi connectivity index (χ1) is 12.7. The minimum atomic E-state index is -5.08. The van der Waals surface area contributed by atoms with Gasteiger partial charge in [0.15, 0.2) is 5.96 Å². The molecule has 1 atom stereocenters. The first kappa shape index (κ1) is 21.3. The highest BCUT2D eigenvalue weighted by Gasteiger charge is 2.38. The number of nitrogens with zero attached hydrogens (tertiary/aromatic N) is 1. The van der Waals surface area contributed by atoms with Crippen LogP contribution in [-0.2, 0) is 11.0 Å². The predicted molar refractivity (Wildman–Crippen MR) is 90.3 cm³/mol. The Kier molecular flexibility index (Phi) is 5.49. The Morgan fingerprint density at radius 3 is 2.18 bits per heavy atom. The minimum absolute atomic E-state index is 0.0242. The number of hydrogen-bond donors (Lipinski definition) is 3. The molecule has 0 spiro atoms. The van der Waals surface area contributed by atoms with Crippen molar-refractivity contribution in [3.05, 3.63) is 41.5 Å². The van der Waals surface area contributed by atoms with E-state index in [0.29, 0.717) is 11.9 Å². The summed E-state index contributed by atoms with van der Waals surface area (Å²) in [5.74, 6) is -2.82. The largest absolute Gasteiger partial charge is 0.490 e. The van der Waals surface area contributed by atoms with Gasteiger partial charge in [0.2, 0.25) is 0 Å². The molecule has 0 aliphatic carbocycles. The average Bonchev–Trinajstić information content (AvgIpc) is 2.90. The number of rotatable bonds is 0. The van der Waals surface area contributed by atoms with Crippen LogP contribution in [0.3, 0.4) is 0 Å². The van der Waals surface area contributed by atoms with Crippen LogP contribution in [0.4, 0.5) is 32.0 Å². The van der Waals surface area contributed by atoms with E-state index in [4.69, 9.17) is 21.0 Å². The molecule has 11 heteroatoms. The molecule has 1 unspecified atom stereocenters. The van der Waals surface area contributed by atoms with E-state index in [9.17, 15) is 26.3 Å². The number of anilines is 1. The molecule has 0 saturated carbocycles. The van der Waals surface area contributed by atoms with Crippen LogP contribution in [0.5, 0.6) is 0 Å². The predicted octanol–water partition coefficient (Wildman–Crippen LogP) is 4.31. The van der Waals surface area contributed by atoms with Crippen LogP contribution in [-0.4, -0.2) is 29.8 Å². The highest BCUT2D eigenvalue weighted by molar-refractivity contribution is 6.01. The molecule has 5 nitrogen and oxygen atoms in total. The van der Waals surface area contributed by atoms with Gasteiger partial charge in [-0.2, -0.15) is 26.3 Å². The summed E-state index contributed by atoms with van der Waals surface area (Å²) in [6.07, 6.45) is -9.46. The molecule has 3 rings (SSSR count). The molecule has 152 valence electrons. The number of aliphatic carboxylic acids is 1. The summed E-state index contributed by atoms with van der Waals surface area (Å²) < 4.78 is 71.1. The van der Waals surface area contributed by atoms with E-state index >= 15 is 0 Å². The van der Waals surface area contributed by atoms with E-state index in [2.05, 4.69) is 0 Å². The first-order valence-corrected chi connectivity index (χ1v) is 7.79. The van der Waals surface area contributed by atoms with E-state index < -0.39 is 23.9 Å². The molecule has 0 amide bonds. The van der Waals surface area contributed by atoms with E-state index in [0.717, 1.165) is 17.3 Å². The SMILES string of the molecule is CC1CN(C(=N)N)c2ccc3c(C(F)(F)F)cccc3c21.O=C(O)C(F)(F)F.